The summed E-state index contributed by atoms with van der Waals surface area (Å²) in [6.07, 6.45) is -1.94. The number of benzene rings is 2. The summed E-state index contributed by atoms with van der Waals surface area (Å²) < 4.78 is 86.6. The standard InChI is InChI=1S/C31H40BrF3IN5O9S/c1-29(2,3)48-26(42)37-25(40-18-38(7)27(43)39(8)19-40)41(28(44)49-30(4,5)6)17-20-10-15-24(23(32)16-20)36(50-51(45,46)31(33,34)35)21-11-13-22(47-9)14-12-21/h10-16H,17-19H2,1-9H3/b37-25+. The number of aliphatic imine (C=N–C) groups is 1. The molecular weight excluding hydrogens is 882 g/mol. The zero-order valence-corrected chi connectivity index (χ0v) is 33.9. The first-order valence-corrected chi connectivity index (χ1v) is 20.2. The van der Waals surface area contributed by atoms with Crippen molar-refractivity contribution in [2.45, 2.75) is 64.8 Å². The molecule has 1 aliphatic rings. The summed E-state index contributed by atoms with van der Waals surface area (Å²) in [6.45, 7) is 9.38. The Bertz CT molecular complexity index is 1740. The molecule has 0 aliphatic carbocycles. The van der Waals surface area contributed by atoms with E-state index in [1.165, 1.54) is 78.4 Å². The van der Waals surface area contributed by atoms with Crippen LogP contribution in [0.15, 0.2) is 51.9 Å². The number of carbonyl (C=O) groups is 3. The second-order valence-electron chi connectivity index (χ2n) is 13.1. The number of guanidine groups is 1. The molecule has 1 fully saturated rings. The Balaban J connectivity index is 2.15. The number of hydrogen-bond donors (Lipinski definition) is 0. The molecule has 0 bridgehead atoms. The van der Waals surface area contributed by atoms with Gasteiger partial charge in [-0.2, -0.15) is 0 Å². The molecule has 14 nitrogen and oxygen atoms in total. The van der Waals surface area contributed by atoms with Crippen LogP contribution in [0.4, 0.5) is 27.6 Å². The Morgan fingerprint density at radius 2 is 1.49 bits per heavy atom. The van der Waals surface area contributed by atoms with Gasteiger partial charge in [0.1, 0.15) is 0 Å². The SMILES string of the molecule is COc1ccc(I(OS(=O)(=O)C(F)(F)F)c2ccc(CN(C(=O)OC(C)(C)C)/C(=N/C(=O)OC(C)(C)C)N3CN(C)C(=O)N(C)C3)cc2Br)cc1. The van der Waals surface area contributed by atoms with Crippen molar-refractivity contribution in [1.29, 1.82) is 0 Å². The molecule has 0 atom stereocenters. The van der Waals surface area contributed by atoms with E-state index in [1.54, 1.807) is 41.5 Å². The normalized spacial score (nSPS) is 15.1. The Labute approximate surface area is 311 Å². The van der Waals surface area contributed by atoms with E-state index in [0.29, 0.717) is 11.3 Å². The zero-order valence-electron chi connectivity index (χ0n) is 29.4. The fourth-order valence-electron chi connectivity index (χ4n) is 4.25. The number of urea groups is 1. The van der Waals surface area contributed by atoms with Crippen LogP contribution in [0.5, 0.6) is 5.75 Å². The molecule has 0 spiro atoms. The Kier molecular flexibility index (Phi) is 13.3. The maximum absolute atomic E-state index is 13.8. The summed E-state index contributed by atoms with van der Waals surface area (Å²) >= 11 is -0.469. The predicted molar refractivity (Wildman–Crippen MR) is 193 cm³/mol. The van der Waals surface area contributed by atoms with E-state index in [0.717, 1.165) is 4.90 Å². The number of hydrogen-bond acceptors (Lipinski definition) is 9. The van der Waals surface area contributed by atoms with Crippen LogP contribution in [0.3, 0.4) is 0 Å². The van der Waals surface area contributed by atoms with Crippen molar-refractivity contribution in [2.75, 3.05) is 34.5 Å². The summed E-state index contributed by atoms with van der Waals surface area (Å²) in [5.74, 6) is 0.181. The van der Waals surface area contributed by atoms with Gasteiger partial charge in [0.2, 0.25) is 0 Å². The molecule has 1 heterocycles. The van der Waals surface area contributed by atoms with Crippen molar-refractivity contribution in [3.05, 3.63) is 59.6 Å². The summed E-state index contributed by atoms with van der Waals surface area (Å²) in [5, 5.41) is 0. The first-order chi connectivity index (χ1) is 23.3. The Morgan fingerprint density at radius 3 is 1.96 bits per heavy atom. The first kappa shape index (κ1) is 42.0. The second-order valence-corrected chi connectivity index (χ2v) is 20.3. The van der Waals surface area contributed by atoms with E-state index in [9.17, 15) is 36.0 Å². The molecule has 51 heavy (non-hydrogen) atoms. The van der Waals surface area contributed by atoms with Gasteiger partial charge in [-0.1, -0.05) is 0 Å². The third kappa shape index (κ3) is 11.6. The molecule has 0 unspecified atom stereocenters. The van der Waals surface area contributed by atoms with Gasteiger partial charge in [-0.15, -0.1) is 0 Å². The van der Waals surface area contributed by atoms with E-state index in [4.69, 9.17) is 16.7 Å². The molecule has 3 rings (SSSR count). The van der Waals surface area contributed by atoms with E-state index in [2.05, 4.69) is 20.9 Å². The average Bonchev–Trinajstić information content (AvgIpc) is 2.98. The van der Waals surface area contributed by atoms with Gasteiger partial charge in [-0.05, 0) is 0 Å². The van der Waals surface area contributed by atoms with Crippen LogP contribution in [0.1, 0.15) is 47.1 Å². The maximum atomic E-state index is 13.8. The summed E-state index contributed by atoms with van der Waals surface area (Å²) in [6, 6.07) is 9.83. The van der Waals surface area contributed by atoms with E-state index in [-0.39, 0.29) is 43.5 Å². The number of methoxy groups -OCH3 is 1. The molecule has 0 aromatic heterocycles. The van der Waals surface area contributed by atoms with Crippen molar-refractivity contribution in [2.24, 2.45) is 4.99 Å². The van der Waals surface area contributed by atoms with Crippen LogP contribution >= 0.6 is 36.2 Å². The molecule has 2 aromatic carbocycles. The van der Waals surface area contributed by atoms with E-state index in [1.807, 2.05) is 0 Å². The molecule has 0 radical (unpaired) electrons. The minimum absolute atomic E-state index is 0.0758. The van der Waals surface area contributed by atoms with Gasteiger partial charge in [-0.25, -0.2) is 0 Å². The number of nitrogens with zero attached hydrogens (tertiary/aromatic N) is 5. The number of alkyl halides is 3. The molecule has 1 aliphatic heterocycles. The van der Waals surface area contributed by atoms with Gasteiger partial charge in [0.15, 0.2) is 0 Å². The van der Waals surface area contributed by atoms with Crippen LogP contribution in [-0.4, -0.2) is 103 Å². The molecule has 284 valence electrons. The summed E-state index contributed by atoms with van der Waals surface area (Å²) in [7, 11) is -1.55. The van der Waals surface area contributed by atoms with Gasteiger partial charge in [0.25, 0.3) is 0 Å². The fraction of sp³-hybridized carbons (Fsp3) is 0.484. The van der Waals surface area contributed by atoms with Crippen molar-refractivity contribution in [1.82, 2.24) is 19.6 Å². The minimum atomic E-state index is -5.99. The van der Waals surface area contributed by atoms with Gasteiger partial charge >= 0.3 is 312 Å². The molecule has 0 N–H and O–H groups in total. The second kappa shape index (κ2) is 16.1. The quantitative estimate of drug-likeness (QED) is 0.123. The van der Waals surface area contributed by atoms with E-state index < -0.39 is 59.2 Å². The van der Waals surface area contributed by atoms with Gasteiger partial charge < -0.3 is 0 Å². The molecular formula is C31H40BrF3IN5O9S. The van der Waals surface area contributed by atoms with Crippen molar-refractivity contribution < 1.29 is 52.7 Å². The third-order valence-electron chi connectivity index (χ3n) is 6.33. The van der Waals surface area contributed by atoms with Crippen molar-refractivity contribution in [3.63, 3.8) is 0 Å². The van der Waals surface area contributed by atoms with Crippen LogP contribution in [0.2, 0.25) is 0 Å². The van der Waals surface area contributed by atoms with E-state index >= 15 is 0 Å². The Morgan fingerprint density at radius 1 is 0.941 bits per heavy atom. The first-order valence-electron chi connectivity index (χ1n) is 15.0. The van der Waals surface area contributed by atoms with Crippen LogP contribution < -0.4 is 4.74 Å². The number of halogens is 5. The summed E-state index contributed by atoms with van der Waals surface area (Å²) in [5.41, 5.74) is -7.24. The molecule has 4 amide bonds. The van der Waals surface area contributed by atoms with Crippen molar-refractivity contribution in [3.8, 4) is 5.75 Å². The predicted octanol–water partition coefficient (Wildman–Crippen LogP) is 7.03. The monoisotopic (exact) mass is 921 g/mol. The number of carbonyl (C=O) groups excluding carboxylic acids is 3. The third-order valence-corrected chi connectivity index (χ3v) is 14.9. The topological polar surface area (TPSA) is 148 Å². The molecule has 2 aromatic rings. The average molecular weight is 923 g/mol. The molecule has 0 saturated carbocycles. The Hall–Kier alpha value is -3.37. The van der Waals surface area contributed by atoms with Crippen LogP contribution in [0, 0.1) is 7.14 Å². The van der Waals surface area contributed by atoms with Gasteiger partial charge in [0.05, 0.1) is 0 Å². The van der Waals surface area contributed by atoms with Crippen LogP contribution in [0.25, 0.3) is 0 Å². The van der Waals surface area contributed by atoms with Gasteiger partial charge in [0, 0.05) is 0 Å². The summed E-state index contributed by atoms with van der Waals surface area (Å²) in [4.78, 5) is 48.8. The number of rotatable bonds is 7. The number of amides is 4. The van der Waals surface area contributed by atoms with Crippen LogP contribution in [-0.2, 0) is 28.6 Å². The number of ether oxygens (including phenoxy) is 3. The van der Waals surface area contributed by atoms with Gasteiger partial charge in [-0.3, -0.25) is 0 Å². The van der Waals surface area contributed by atoms with Crippen molar-refractivity contribution >= 4 is 70.5 Å². The molecule has 1 saturated heterocycles. The fourth-order valence-corrected chi connectivity index (χ4v) is 12.0. The molecule has 20 heteroatoms. The zero-order chi connectivity index (χ0) is 38.7.